The van der Waals surface area contributed by atoms with E-state index in [0.717, 1.165) is 35.5 Å². The van der Waals surface area contributed by atoms with Crippen LogP contribution in [0.2, 0.25) is 5.02 Å². The number of furan rings is 1. The van der Waals surface area contributed by atoms with E-state index in [2.05, 4.69) is 10.2 Å². The molecule has 0 unspecified atom stereocenters. The number of hydrogen-bond acceptors (Lipinski definition) is 4. The highest BCUT2D eigenvalue weighted by atomic mass is 35.5. The van der Waals surface area contributed by atoms with Gasteiger partial charge in [0.1, 0.15) is 5.76 Å². The van der Waals surface area contributed by atoms with Gasteiger partial charge in [-0.1, -0.05) is 41.4 Å². The smallest absolute Gasteiger partial charge is 0.291 e. The van der Waals surface area contributed by atoms with E-state index in [1.54, 1.807) is 24.3 Å². The first-order valence-electron chi connectivity index (χ1n) is 11.8. The summed E-state index contributed by atoms with van der Waals surface area (Å²) in [6.45, 7) is 4.85. The number of piperazine rings is 1. The van der Waals surface area contributed by atoms with Crippen LogP contribution in [0.3, 0.4) is 0 Å². The van der Waals surface area contributed by atoms with Crippen molar-refractivity contribution in [3.63, 3.8) is 0 Å². The van der Waals surface area contributed by atoms with Gasteiger partial charge in [0.05, 0.1) is 0 Å². The van der Waals surface area contributed by atoms with Gasteiger partial charge in [0.2, 0.25) is 0 Å². The minimum absolute atomic E-state index is 0.0733. The zero-order valence-corrected chi connectivity index (χ0v) is 20.7. The molecule has 1 saturated heterocycles. The molecule has 2 heterocycles. The van der Waals surface area contributed by atoms with E-state index in [-0.39, 0.29) is 17.6 Å². The molecular formula is C29H26ClN3O3. The molecule has 0 atom stereocenters. The van der Waals surface area contributed by atoms with Crippen molar-refractivity contribution in [2.24, 2.45) is 0 Å². The first kappa shape index (κ1) is 23.7. The summed E-state index contributed by atoms with van der Waals surface area (Å²) in [7, 11) is 0. The van der Waals surface area contributed by atoms with Gasteiger partial charge in [-0.25, -0.2) is 0 Å². The number of amides is 2. The Morgan fingerprint density at radius 3 is 2.28 bits per heavy atom. The fourth-order valence-corrected chi connectivity index (χ4v) is 4.44. The van der Waals surface area contributed by atoms with Crippen LogP contribution in [0.5, 0.6) is 0 Å². The first-order valence-corrected chi connectivity index (χ1v) is 12.2. The van der Waals surface area contributed by atoms with E-state index in [1.807, 2.05) is 72.5 Å². The van der Waals surface area contributed by atoms with Gasteiger partial charge >= 0.3 is 0 Å². The van der Waals surface area contributed by atoms with E-state index in [1.165, 1.54) is 0 Å². The molecule has 0 saturated carbocycles. The molecule has 1 fully saturated rings. The van der Waals surface area contributed by atoms with Crippen molar-refractivity contribution in [3.05, 3.63) is 107 Å². The lowest BCUT2D eigenvalue weighted by molar-refractivity contribution is 0.0746. The van der Waals surface area contributed by atoms with Gasteiger partial charge in [0, 0.05) is 53.7 Å². The van der Waals surface area contributed by atoms with Gasteiger partial charge in [0.15, 0.2) is 5.76 Å². The number of benzene rings is 3. The molecule has 182 valence electrons. The largest absolute Gasteiger partial charge is 0.451 e. The maximum absolute atomic E-state index is 12.8. The van der Waals surface area contributed by atoms with Gasteiger partial charge in [-0.15, -0.1) is 0 Å². The summed E-state index contributed by atoms with van der Waals surface area (Å²) < 4.78 is 5.73. The van der Waals surface area contributed by atoms with Crippen LogP contribution >= 0.6 is 11.6 Å². The van der Waals surface area contributed by atoms with E-state index in [4.69, 9.17) is 16.0 Å². The lowest BCUT2D eigenvalue weighted by Gasteiger charge is -2.36. The molecular weight excluding hydrogens is 474 g/mol. The van der Waals surface area contributed by atoms with Crippen LogP contribution in [-0.2, 0) is 0 Å². The number of carbonyl (C=O) groups excluding carboxylic acids is 2. The fourth-order valence-electron chi connectivity index (χ4n) is 4.25. The van der Waals surface area contributed by atoms with Crippen LogP contribution in [0.1, 0.15) is 26.5 Å². The van der Waals surface area contributed by atoms with E-state index >= 15 is 0 Å². The van der Waals surface area contributed by atoms with Crippen molar-refractivity contribution in [1.29, 1.82) is 0 Å². The minimum Gasteiger partial charge on any atom is -0.451 e. The predicted octanol–water partition coefficient (Wildman–Crippen LogP) is 6.12. The minimum atomic E-state index is -0.320. The summed E-state index contributed by atoms with van der Waals surface area (Å²) in [5, 5.41) is 3.48. The van der Waals surface area contributed by atoms with Crippen LogP contribution in [-0.4, -0.2) is 42.9 Å². The summed E-state index contributed by atoms with van der Waals surface area (Å²) in [5.41, 5.74) is 4.41. The first-order chi connectivity index (χ1) is 17.5. The third-order valence-corrected chi connectivity index (χ3v) is 6.53. The summed E-state index contributed by atoms with van der Waals surface area (Å²) in [5.74, 6) is 0.560. The van der Waals surface area contributed by atoms with Crippen LogP contribution in [0.25, 0.3) is 11.3 Å². The normalized spacial score (nSPS) is 13.5. The van der Waals surface area contributed by atoms with E-state index < -0.39 is 0 Å². The zero-order chi connectivity index (χ0) is 25.1. The number of hydrogen-bond donors (Lipinski definition) is 1. The second-order valence-electron chi connectivity index (χ2n) is 8.82. The molecule has 36 heavy (non-hydrogen) atoms. The summed E-state index contributed by atoms with van der Waals surface area (Å²) >= 11 is 6.05. The summed E-state index contributed by atoms with van der Waals surface area (Å²) in [4.78, 5) is 29.6. The topological polar surface area (TPSA) is 65.8 Å². The van der Waals surface area contributed by atoms with Crippen molar-refractivity contribution in [2.45, 2.75) is 6.92 Å². The Labute approximate surface area is 215 Å². The highest BCUT2D eigenvalue weighted by molar-refractivity contribution is 6.30. The molecule has 0 aliphatic carbocycles. The van der Waals surface area contributed by atoms with Crippen LogP contribution in [0.4, 0.5) is 11.4 Å². The van der Waals surface area contributed by atoms with Crippen molar-refractivity contribution in [1.82, 2.24) is 4.90 Å². The maximum atomic E-state index is 12.8. The molecule has 2 amide bonds. The van der Waals surface area contributed by atoms with Crippen molar-refractivity contribution in [2.75, 3.05) is 36.4 Å². The van der Waals surface area contributed by atoms with Crippen LogP contribution < -0.4 is 10.2 Å². The standard InChI is InChI=1S/C29H26ClN3O3/c1-20-5-7-21(8-6-20)29(35)33-17-15-32(16-18-33)25-11-9-24(10-12-25)31-28(34)27-14-13-26(36-27)22-3-2-4-23(30)19-22/h2-14,19H,15-18H2,1H3,(H,31,34). The Kier molecular flexibility index (Phi) is 6.78. The van der Waals surface area contributed by atoms with E-state index in [9.17, 15) is 9.59 Å². The number of aryl methyl sites for hydroxylation is 1. The molecule has 5 rings (SSSR count). The van der Waals surface area contributed by atoms with E-state index in [0.29, 0.717) is 29.6 Å². The summed E-state index contributed by atoms with van der Waals surface area (Å²) in [6.07, 6.45) is 0. The van der Waals surface area contributed by atoms with Crippen LogP contribution in [0.15, 0.2) is 89.3 Å². The maximum Gasteiger partial charge on any atom is 0.291 e. The zero-order valence-electron chi connectivity index (χ0n) is 19.9. The Morgan fingerprint density at radius 2 is 1.58 bits per heavy atom. The molecule has 1 aliphatic heterocycles. The average molecular weight is 500 g/mol. The van der Waals surface area contributed by atoms with Crippen molar-refractivity contribution in [3.8, 4) is 11.3 Å². The van der Waals surface area contributed by atoms with Crippen LogP contribution in [0, 0.1) is 6.92 Å². The van der Waals surface area contributed by atoms with Gasteiger partial charge < -0.3 is 19.5 Å². The second kappa shape index (κ2) is 10.3. The number of nitrogens with one attached hydrogen (secondary N) is 1. The Morgan fingerprint density at radius 1 is 0.861 bits per heavy atom. The third-order valence-electron chi connectivity index (χ3n) is 6.29. The molecule has 1 aliphatic rings. The predicted molar refractivity (Wildman–Crippen MR) is 143 cm³/mol. The Bertz CT molecular complexity index is 1370. The number of anilines is 2. The number of carbonyl (C=O) groups is 2. The molecule has 3 aromatic carbocycles. The molecule has 0 radical (unpaired) electrons. The molecule has 0 bridgehead atoms. The highest BCUT2D eigenvalue weighted by Crippen LogP contribution is 2.26. The molecule has 6 nitrogen and oxygen atoms in total. The molecule has 7 heteroatoms. The SMILES string of the molecule is Cc1ccc(C(=O)N2CCN(c3ccc(NC(=O)c4ccc(-c5cccc(Cl)c5)o4)cc3)CC2)cc1. The second-order valence-corrected chi connectivity index (χ2v) is 9.26. The molecule has 4 aromatic rings. The molecule has 1 N–H and O–H groups in total. The van der Waals surface area contributed by atoms with Gasteiger partial charge in [-0.3, -0.25) is 9.59 Å². The lowest BCUT2D eigenvalue weighted by Crippen LogP contribution is -2.48. The van der Waals surface area contributed by atoms with Gasteiger partial charge in [-0.2, -0.15) is 0 Å². The lowest BCUT2D eigenvalue weighted by atomic mass is 10.1. The van der Waals surface area contributed by atoms with Gasteiger partial charge in [0.25, 0.3) is 11.8 Å². The van der Waals surface area contributed by atoms with Gasteiger partial charge in [-0.05, 0) is 67.6 Å². The number of rotatable bonds is 5. The third kappa shape index (κ3) is 5.29. The van der Waals surface area contributed by atoms with Crippen molar-refractivity contribution < 1.29 is 14.0 Å². The summed E-state index contributed by atoms with van der Waals surface area (Å²) in [6, 6.07) is 26.1. The number of nitrogens with zero attached hydrogens (tertiary/aromatic N) is 2. The monoisotopic (exact) mass is 499 g/mol. The Hall–Kier alpha value is -4.03. The molecule has 1 aromatic heterocycles. The highest BCUT2D eigenvalue weighted by Gasteiger charge is 2.22. The Balaban J connectivity index is 1.16. The molecule has 0 spiro atoms. The quantitative estimate of drug-likeness (QED) is 0.359. The number of halogens is 1. The fraction of sp³-hybridized carbons (Fsp3) is 0.172. The van der Waals surface area contributed by atoms with Crippen molar-refractivity contribution >= 4 is 34.8 Å². The average Bonchev–Trinajstić information content (AvgIpc) is 3.40.